The average molecular weight is 872 g/mol. The van der Waals surface area contributed by atoms with Gasteiger partial charge in [-0.1, -0.05) is 11.6 Å². The van der Waals surface area contributed by atoms with Gasteiger partial charge in [0.25, 0.3) is 16.7 Å². The number of hydrogen-bond acceptors (Lipinski definition) is 13. The van der Waals surface area contributed by atoms with E-state index in [4.69, 9.17) is 36.7 Å². The molecule has 28 heteroatoms. The number of aromatic nitrogens is 6. The molecule has 6 heterocycles. The third-order valence-electron chi connectivity index (χ3n) is 8.46. The van der Waals surface area contributed by atoms with Gasteiger partial charge in [0.1, 0.15) is 40.8 Å². The highest BCUT2D eigenvalue weighted by atomic mass is 35.5. The molecule has 0 spiro atoms. The molecule has 3 aliphatic heterocycles. The predicted octanol–water partition coefficient (Wildman–Crippen LogP) is -0.896. The molecule has 3 aromatic rings. The Labute approximate surface area is 323 Å². The Kier molecular flexibility index (Phi) is 15.4. The highest BCUT2D eigenvalue weighted by molar-refractivity contribution is 6.31. The molecule has 3 aromatic heterocycles. The van der Waals surface area contributed by atoms with Gasteiger partial charge < -0.3 is 39.8 Å². The minimum absolute atomic E-state index is 0. The summed E-state index contributed by atoms with van der Waals surface area (Å²) in [5.41, 5.74) is -9.14. The van der Waals surface area contributed by atoms with Gasteiger partial charge in [-0.15, -0.1) is 12.4 Å². The maximum absolute atomic E-state index is 12.6. The molecule has 6 atom stereocenters. The molecule has 0 saturated carbocycles. The molecule has 6 rings (SSSR count). The van der Waals surface area contributed by atoms with E-state index in [1.165, 1.54) is 0 Å². The molecule has 0 radical (unpaired) electrons. The van der Waals surface area contributed by atoms with Crippen LogP contribution >= 0.6 is 24.0 Å². The Morgan fingerprint density at radius 3 is 1.54 bits per heavy atom. The third-order valence-corrected chi connectivity index (χ3v) is 8.86. The van der Waals surface area contributed by atoms with E-state index in [0.717, 1.165) is 19.4 Å². The van der Waals surface area contributed by atoms with Gasteiger partial charge in [0.15, 0.2) is 0 Å². The minimum Gasteiger partial charge on any atom is -0.394 e. The number of H-pyrrole nitrogens is 4. The molecule has 57 heavy (non-hydrogen) atoms. The van der Waals surface area contributed by atoms with Gasteiger partial charge in [-0.3, -0.25) is 43.9 Å². The molecule has 318 valence electrons. The first-order valence-electron chi connectivity index (χ1n) is 16.1. The van der Waals surface area contributed by atoms with E-state index >= 15 is 0 Å². The fraction of sp³-hybridized carbons (Fsp3) is 0.552. The lowest BCUT2D eigenvalue weighted by molar-refractivity contribution is -0.140. The number of ether oxygens (including phenoxy) is 2. The molecule has 3 aliphatic rings. The summed E-state index contributed by atoms with van der Waals surface area (Å²) in [6.45, 7) is -0.0232. The van der Waals surface area contributed by atoms with Crippen LogP contribution in [0.1, 0.15) is 55.0 Å². The highest BCUT2D eigenvalue weighted by Crippen LogP contribution is 2.31. The lowest BCUT2D eigenvalue weighted by atomic mass is 10.2. The number of aromatic amines is 4. The largest absolute Gasteiger partial charge is 0.423 e. The molecule has 0 amide bonds. The average Bonchev–Trinajstić information content (AvgIpc) is 3.79. The molecule has 9 N–H and O–H groups in total. The smallest absolute Gasteiger partial charge is 0.394 e. The van der Waals surface area contributed by atoms with Crippen LogP contribution < -0.4 is 33.7 Å². The van der Waals surface area contributed by atoms with Crippen molar-refractivity contribution in [2.24, 2.45) is 0 Å². The zero-order chi connectivity index (χ0) is 41.9. The molecular weight excluding hydrogens is 837 g/mol. The highest BCUT2D eigenvalue weighted by Gasteiger charge is 2.40. The van der Waals surface area contributed by atoms with E-state index in [2.05, 4.69) is 4.98 Å². The van der Waals surface area contributed by atoms with Crippen molar-refractivity contribution >= 4 is 29.8 Å². The van der Waals surface area contributed by atoms with Crippen LogP contribution in [0, 0.1) is 5.41 Å². The van der Waals surface area contributed by atoms with Crippen LogP contribution in [-0.2, 0) is 28.4 Å². The SMILES string of the molecule is Cl.N=C1CCCN1Cc1[nH]c(=O)[nH]c(=O)c1Cl.O=c1[nH]c(=O)n(C2CC(O)[C@@H](CO)O2)cc1C(F)(F)F.O=c1[nH]c(=O)n(C2CC(O)[C@@H](CO)O2)cc1C(F)(F)F. The van der Waals surface area contributed by atoms with Crippen molar-refractivity contribution in [2.75, 3.05) is 19.8 Å². The summed E-state index contributed by atoms with van der Waals surface area (Å²) in [5, 5.41) is 44.4. The topological polar surface area (TPSA) is 302 Å². The van der Waals surface area contributed by atoms with Crippen LogP contribution in [0.15, 0.2) is 41.2 Å². The summed E-state index contributed by atoms with van der Waals surface area (Å²) >= 11 is 5.78. The predicted molar refractivity (Wildman–Crippen MR) is 183 cm³/mol. The lowest BCUT2D eigenvalue weighted by Gasteiger charge is -2.17. The molecule has 4 unspecified atom stereocenters. The van der Waals surface area contributed by atoms with E-state index in [0.29, 0.717) is 39.6 Å². The van der Waals surface area contributed by atoms with Crippen LogP contribution in [0.3, 0.4) is 0 Å². The van der Waals surface area contributed by atoms with Crippen molar-refractivity contribution in [1.29, 1.82) is 5.41 Å². The quantitative estimate of drug-likeness (QED) is 0.136. The second-order valence-electron chi connectivity index (χ2n) is 12.3. The van der Waals surface area contributed by atoms with Crippen molar-refractivity contribution in [3.05, 3.63) is 96.8 Å². The Bertz CT molecular complexity index is 2150. The van der Waals surface area contributed by atoms with Gasteiger partial charge in [0.2, 0.25) is 0 Å². The second-order valence-corrected chi connectivity index (χ2v) is 12.7. The first-order chi connectivity index (χ1) is 26.0. The number of aliphatic hydroxyl groups excluding tert-OH is 4. The van der Waals surface area contributed by atoms with Crippen LogP contribution in [0.2, 0.25) is 5.02 Å². The van der Waals surface area contributed by atoms with Crippen LogP contribution in [-0.4, -0.2) is 104 Å². The summed E-state index contributed by atoms with van der Waals surface area (Å²) in [7, 11) is 0. The number of hydrogen-bond donors (Lipinski definition) is 9. The summed E-state index contributed by atoms with van der Waals surface area (Å²) < 4.78 is 86.8. The number of nitrogens with one attached hydrogen (secondary N) is 5. The maximum Gasteiger partial charge on any atom is 0.423 e. The van der Waals surface area contributed by atoms with Gasteiger partial charge in [0.05, 0.1) is 43.5 Å². The number of halogens is 8. The van der Waals surface area contributed by atoms with E-state index in [1.54, 1.807) is 14.9 Å². The van der Waals surface area contributed by atoms with E-state index in [-0.39, 0.29) is 30.3 Å². The number of likely N-dealkylation sites (tertiary alicyclic amines) is 1. The molecule has 0 bridgehead atoms. The third kappa shape index (κ3) is 11.3. The van der Waals surface area contributed by atoms with Crippen molar-refractivity contribution in [3.63, 3.8) is 0 Å². The lowest BCUT2D eigenvalue weighted by Crippen LogP contribution is -2.36. The zero-order valence-electron chi connectivity index (χ0n) is 28.7. The van der Waals surface area contributed by atoms with Crippen molar-refractivity contribution in [1.82, 2.24) is 34.0 Å². The van der Waals surface area contributed by atoms with E-state index < -0.39 is 107 Å². The standard InChI is InChI=1S/2C10H11F3N2O5.C9H11ClN4O2.ClH/c2*11-10(12,13)4-2-15(9(19)14-8(4)18)7-1-5(17)6(3-16)20-7;10-7-5(12-9(16)13-8(7)15)4-14-3-1-2-6(14)11;/h2*2,5-7,16-17H,1,3H2,(H,14,18,19);11H,1-4H2,(H2,12,13,15,16);1H/t2*5?,6-,7?;;/m11../s1. The Balaban J connectivity index is 0.000000229. The fourth-order valence-electron chi connectivity index (χ4n) is 5.63. The molecule has 3 saturated heterocycles. The maximum atomic E-state index is 12.6. The van der Waals surface area contributed by atoms with Crippen LogP contribution in [0.5, 0.6) is 0 Å². The molecule has 0 aliphatic carbocycles. The number of alkyl halides is 6. The fourth-order valence-corrected chi connectivity index (χ4v) is 5.78. The Hall–Kier alpha value is -4.57. The van der Waals surface area contributed by atoms with Gasteiger partial charge in [-0.25, -0.2) is 14.4 Å². The normalized spacial score (nSPS) is 23.4. The number of rotatable bonds is 6. The van der Waals surface area contributed by atoms with Crippen LogP contribution in [0.25, 0.3) is 0 Å². The molecule has 0 aromatic carbocycles. The van der Waals surface area contributed by atoms with E-state index in [9.17, 15) is 65.3 Å². The molecule has 20 nitrogen and oxygen atoms in total. The van der Waals surface area contributed by atoms with Gasteiger partial charge in [-0.2, -0.15) is 26.3 Å². The van der Waals surface area contributed by atoms with Crippen LogP contribution in [0.4, 0.5) is 26.3 Å². The van der Waals surface area contributed by atoms with Crippen molar-refractivity contribution in [3.8, 4) is 0 Å². The Morgan fingerprint density at radius 1 is 0.754 bits per heavy atom. The van der Waals surface area contributed by atoms with Crippen molar-refractivity contribution < 1.29 is 56.2 Å². The van der Waals surface area contributed by atoms with Crippen molar-refractivity contribution in [2.45, 2.75) is 81.5 Å². The zero-order valence-corrected chi connectivity index (χ0v) is 30.3. The number of nitrogens with zero attached hydrogens (tertiary/aromatic N) is 3. The minimum atomic E-state index is -4.92. The van der Waals surface area contributed by atoms with E-state index in [1.807, 2.05) is 4.98 Å². The molecule has 3 fully saturated rings. The number of amidine groups is 1. The summed E-state index contributed by atoms with van der Waals surface area (Å²) in [6.07, 6.45) is -14.4. The summed E-state index contributed by atoms with van der Waals surface area (Å²) in [5.74, 6) is 0.511. The van der Waals surface area contributed by atoms with Gasteiger partial charge >= 0.3 is 29.4 Å². The second kappa shape index (κ2) is 18.8. The first kappa shape index (κ1) is 46.8. The number of aliphatic hydroxyl groups is 4. The summed E-state index contributed by atoms with van der Waals surface area (Å²) in [6, 6.07) is 0. The van der Waals surface area contributed by atoms with Gasteiger partial charge in [0, 0.05) is 38.2 Å². The first-order valence-corrected chi connectivity index (χ1v) is 16.5. The van der Waals surface area contributed by atoms with Gasteiger partial charge in [-0.05, 0) is 6.42 Å². The monoisotopic (exact) mass is 870 g/mol. The Morgan fingerprint density at radius 2 is 1.19 bits per heavy atom. The summed E-state index contributed by atoms with van der Waals surface area (Å²) in [4.78, 5) is 77.0. The molecular formula is C29H34Cl2F6N8O12.